The van der Waals surface area contributed by atoms with Gasteiger partial charge in [0.2, 0.25) is 17.6 Å². The van der Waals surface area contributed by atoms with Crippen LogP contribution in [-0.4, -0.2) is 31.1 Å². The molecule has 0 radical (unpaired) electrons. The van der Waals surface area contributed by atoms with Crippen molar-refractivity contribution in [3.8, 4) is 17.2 Å². The van der Waals surface area contributed by atoms with E-state index in [2.05, 4.69) is 6.58 Å². The van der Waals surface area contributed by atoms with Crippen molar-refractivity contribution in [3.05, 3.63) is 107 Å². The third-order valence-electron chi connectivity index (χ3n) is 7.39. The molecule has 1 fully saturated rings. The van der Waals surface area contributed by atoms with Crippen LogP contribution >= 0.6 is 11.6 Å². The molecule has 2 amide bonds. The Labute approximate surface area is 220 Å². The molecule has 37 heavy (non-hydrogen) atoms. The highest BCUT2D eigenvalue weighted by Gasteiger charge is 2.65. The normalized spacial score (nSPS) is 22.9. The first-order chi connectivity index (χ1) is 17.9. The van der Waals surface area contributed by atoms with E-state index < -0.39 is 17.3 Å². The maximum absolute atomic E-state index is 14.7. The van der Waals surface area contributed by atoms with Gasteiger partial charge < -0.3 is 14.6 Å². The fourth-order valence-electron chi connectivity index (χ4n) is 5.83. The molecule has 188 valence electrons. The molecule has 3 unspecified atom stereocenters. The number of allylic oxidation sites excluding steroid dienone is 3. The van der Waals surface area contributed by atoms with Crippen LogP contribution in [-0.2, 0) is 15.0 Å². The van der Waals surface area contributed by atoms with Gasteiger partial charge in [0.05, 0.1) is 31.2 Å². The van der Waals surface area contributed by atoms with Crippen molar-refractivity contribution in [1.82, 2.24) is 0 Å². The zero-order valence-corrected chi connectivity index (χ0v) is 21.2. The fourth-order valence-corrected chi connectivity index (χ4v) is 6.02. The van der Waals surface area contributed by atoms with Gasteiger partial charge in [-0.1, -0.05) is 66.7 Å². The molecule has 0 spiro atoms. The van der Waals surface area contributed by atoms with Crippen LogP contribution in [0.2, 0.25) is 5.02 Å². The maximum atomic E-state index is 14.7. The number of benzene rings is 3. The zero-order chi connectivity index (χ0) is 26.3. The number of fused-ring (bicyclic) bond motifs is 1. The van der Waals surface area contributed by atoms with Crippen molar-refractivity contribution in [3.63, 3.8) is 0 Å². The Kier molecular flexibility index (Phi) is 6.30. The summed E-state index contributed by atoms with van der Waals surface area (Å²) >= 11 is 6.25. The number of carbonyl (C=O) groups is 2. The van der Waals surface area contributed by atoms with Gasteiger partial charge in [-0.05, 0) is 53.5 Å². The van der Waals surface area contributed by atoms with Crippen LogP contribution in [0.5, 0.6) is 17.2 Å². The smallest absolute Gasteiger partial charge is 0.246 e. The molecule has 3 aromatic carbocycles. The molecule has 1 N–H and O–H groups in total. The molecule has 0 saturated carbocycles. The Hall–Kier alpha value is -4.03. The summed E-state index contributed by atoms with van der Waals surface area (Å²) in [7, 11) is 2.90. The Morgan fingerprint density at radius 1 is 1.03 bits per heavy atom. The molecule has 1 saturated heterocycles. The number of aromatic hydroxyl groups is 1. The predicted octanol–water partition coefficient (Wildman–Crippen LogP) is 5.79. The van der Waals surface area contributed by atoms with E-state index in [0.29, 0.717) is 28.3 Å². The SMILES string of the molecule is C=CC1=CCC2C(=O)N(c3cccc(Cl)c3)C(=O)C2(c2ccccc2)C1c1cc(OC)c(O)c(OC)c1. The number of phenolic OH excluding ortho intramolecular Hbond substituents is 1. The average Bonchev–Trinajstić information content (AvgIpc) is 3.15. The number of anilines is 1. The average molecular weight is 516 g/mol. The number of ether oxygens (including phenoxy) is 2. The van der Waals surface area contributed by atoms with Gasteiger partial charge in [-0.2, -0.15) is 0 Å². The van der Waals surface area contributed by atoms with Gasteiger partial charge in [0.25, 0.3) is 0 Å². The predicted molar refractivity (Wildman–Crippen MR) is 142 cm³/mol. The number of halogens is 1. The molecule has 0 bridgehead atoms. The summed E-state index contributed by atoms with van der Waals surface area (Å²) in [5.74, 6) is -1.68. The molecule has 5 rings (SSSR count). The number of amides is 2. The molecule has 2 aliphatic rings. The maximum Gasteiger partial charge on any atom is 0.246 e. The van der Waals surface area contributed by atoms with Crippen LogP contribution in [0.3, 0.4) is 0 Å². The number of imide groups is 1. The van der Waals surface area contributed by atoms with E-state index in [1.807, 2.05) is 36.4 Å². The second-order valence-electron chi connectivity index (χ2n) is 9.10. The van der Waals surface area contributed by atoms with Crippen molar-refractivity contribution < 1.29 is 24.2 Å². The first-order valence-corrected chi connectivity index (χ1v) is 12.2. The Morgan fingerprint density at radius 3 is 2.30 bits per heavy atom. The van der Waals surface area contributed by atoms with Crippen molar-refractivity contribution in [2.24, 2.45) is 5.92 Å². The third-order valence-corrected chi connectivity index (χ3v) is 7.63. The fraction of sp³-hybridized carbons (Fsp3) is 0.200. The zero-order valence-electron chi connectivity index (χ0n) is 20.5. The van der Waals surface area contributed by atoms with E-state index in [1.165, 1.54) is 19.1 Å². The second-order valence-corrected chi connectivity index (χ2v) is 9.53. The number of hydrogen-bond donors (Lipinski definition) is 1. The van der Waals surface area contributed by atoms with Crippen LogP contribution in [0.4, 0.5) is 5.69 Å². The lowest BCUT2D eigenvalue weighted by Crippen LogP contribution is -2.48. The number of nitrogens with zero attached hydrogens (tertiary/aromatic N) is 1. The molecule has 1 aliphatic heterocycles. The molecule has 3 aromatic rings. The largest absolute Gasteiger partial charge is 0.502 e. The number of hydrogen-bond acceptors (Lipinski definition) is 5. The lowest BCUT2D eigenvalue weighted by molar-refractivity contribution is -0.123. The van der Waals surface area contributed by atoms with Gasteiger partial charge in [0.1, 0.15) is 0 Å². The summed E-state index contributed by atoms with van der Waals surface area (Å²) in [6.45, 7) is 4.03. The van der Waals surface area contributed by atoms with E-state index in [1.54, 1.807) is 42.5 Å². The van der Waals surface area contributed by atoms with Crippen molar-refractivity contribution in [2.75, 3.05) is 19.1 Å². The van der Waals surface area contributed by atoms with Gasteiger partial charge in [0.15, 0.2) is 11.5 Å². The lowest BCUT2D eigenvalue weighted by Gasteiger charge is -2.43. The number of rotatable bonds is 6. The number of carbonyl (C=O) groups excluding carboxylic acids is 2. The highest BCUT2D eigenvalue weighted by atomic mass is 35.5. The highest BCUT2D eigenvalue weighted by Crippen LogP contribution is 2.59. The van der Waals surface area contributed by atoms with Crippen molar-refractivity contribution >= 4 is 29.1 Å². The topological polar surface area (TPSA) is 76.1 Å². The highest BCUT2D eigenvalue weighted by molar-refractivity contribution is 6.32. The van der Waals surface area contributed by atoms with Crippen LogP contribution in [0.25, 0.3) is 0 Å². The van der Waals surface area contributed by atoms with E-state index in [4.69, 9.17) is 21.1 Å². The summed E-state index contributed by atoms with van der Waals surface area (Å²) < 4.78 is 10.9. The molecule has 6 nitrogen and oxygen atoms in total. The third kappa shape index (κ3) is 3.63. The molecule has 3 atom stereocenters. The standard InChI is InChI=1S/C30H26ClNO5/c1-4-18-13-14-23-28(34)32(22-12-8-11-21(31)17-22)29(35)30(23,20-9-6-5-7-10-20)26(18)19-15-24(36-2)27(33)25(16-19)37-3/h4-13,15-17,23,26,33H,1,14H2,2-3H3. The summed E-state index contributed by atoms with van der Waals surface area (Å²) in [5, 5.41) is 11.0. The minimum Gasteiger partial charge on any atom is -0.502 e. The van der Waals surface area contributed by atoms with Gasteiger partial charge in [-0.15, -0.1) is 0 Å². The van der Waals surface area contributed by atoms with E-state index >= 15 is 0 Å². The summed E-state index contributed by atoms with van der Waals surface area (Å²) in [4.78, 5) is 30.0. The van der Waals surface area contributed by atoms with Gasteiger partial charge >= 0.3 is 0 Å². The lowest BCUT2D eigenvalue weighted by atomic mass is 9.56. The molecule has 7 heteroatoms. The van der Waals surface area contributed by atoms with Crippen molar-refractivity contribution in [2.45, 2.75) is 17.8 Å². The van der Waals surface area contributed by atoms with Crippen LogP contribution in [0.1, 0.15) is 23.5 Å². The minimum absolute atomic E-state index is 0.145. The molecule has 1 aliphatic carbocycles. The van der Waals surface area contributed by atoms with E-state index in [-0.39, 0.29) is 29.1 Å². The summed E-state index contributed by atoms with van der Waals surface area (Å²) in [6.07, 6.45) is 4.04. The Balaban J connectivity index is 1.83. The number of methoxy groups -OCH3 is 2. The molecular weight excluding hydrogens is 490 g/mol. The Morgan fingerprint density at radius 2 is 1.70 bits per heavy atom. The van der Waals surface area contributed by atoms with Gasteiger partial charge in [0, 0.05) is 10.9 Å². The monoisotopic (exact) mass is 515 g/mol. The van der Waals surface area contributed by atoms with Crippen LogP contribution in [0, 0.1) is 5.92 Å². The van der Waals surface area contributed by atoms with Gasteiger partial charge in [-0.3, -0.25) is 9.59 Å². The Bertz CT molecular complexity index is 1410. The van der Waals surface area contributed by atoms with Crippen LogP contribution in [0.15, 0.2) is 91.0 Å². The van der Waals surface area contributed by atoms with Crippen LogP contribution < -0.4 is 14.4 Å². The molecular formula is C30H26ClNO5. The summed E-state index contributed by atoms with van der Waals surface area (Å²) in [5.41, 5.74) is 1.30. The quantitative estimate of drug-likeness (QED) is 0.420. The molecule has 0 aromatic heterocycles. The first kappa shape index (κ1) is 24.7. The number of phenols is 1. The van der Waals surface area contributed by atoms with E-state index in [9.17, 15) is 14.7 Å². The van der Waals surface area contributed by atoms with Crippen molar-refractivity contribution in [1.29, 1.82) is 0 Å². The summed E-state index contributed by atoms with van der Waals surface area (Å²) in [6, 6.07) is 19.5. The van der Waals surface area contributed by atoms with E-state index in [0.717, 1.165) is 5.57 Å². The van der Waals surface area contributed by atoms with Gasteiger partial charge in [-0.25, -0.2) is 4.90 Å². The molecule has 1 heterocycles. The second kappa shape index (κ2) is 9.45. The minimum atomic E-state index is -1.29. The first-order valence-electron chi connectivity index (χ1n) is 11.8.